The van der Waals surface area contributed by atoms with Crippen LogP contribution in [0.3, 0.4) is 0 Å². The first-order chi connectivity index (χ1) is 10.9. The fourth-order valence-corrected chi connectivity index (χ4v) is 4.73. The van der Waals surface area contributed by atoms with Gasteiger partial charge in [0.15, 0.2) is 0 Å². The number of carbonyl (C=O) groups excluding carboxylic acids is 1. The van der Waals surface area contributed by atoms with Crippen molar-refractivity contribution in [3.05, 3.63) is 41.0 Å². The van der Waals surface area contributed by atoms with Crippen molar-refractivity contribution in [2.75, 3.05) is 6.54 Å². The summed E-state index contributed by atoms with van der Waals surface area (Å²) in [6.45, 7) is 11.3. The van der Waals surface area contributed by atoms with Crippen LogP contribution < -0.4 is 0 Å². The summed E-state index contributed by atoms with van der Waals surface area (Å²) in [5.41, 5.74) is 1.96. The van der Waals surface area contributed by atoms with Crippen LogP contribution in [0.4, 0.5) is 0 Å². The van der Waals surface area contributed by atoms with Gasteiger partial charge in [-0.25, -0.2) is 13.2 Å². The standard InChI is InChI=1S/C18H25NO4S/c1-12-9-13(2)17(14(3)10-12)24(21,22)19-11-15(19)7-8-16(20)23-18(4,5)6/h7-10,15H,11H2,1-6H3/b8-7+/t15-,19?/m0/s1. The predicted octanol–water partition coefficient (Wildman–Crippen LogP) is 2.88. The van der Waals surface area contributed by atoms with E-state index in [1.54, 1.807) is 26.8 Å². The lowest BCUT2D eigenvalue weighted by Gasteiger charge is -2.17. The SMILES string of the molecule is Cc1cc(C)c(S(=O)(=O)N2C[C@@H]2/C=C/C(=O)OC(C)(C)C)c(C)c1. The van der Waals surface area contributed by atoms with E-state index < -0.39 is 21.6 Å². The summed E-state index contributed by atoms with van der Waals surface area (Å²) in [6.07, 6.45) is 2.89. The van der Waals surface area contributed by atoms with E-state index in [1.165, 1.54) is 10.4 Å². The summed E-state index contributed by atoms with van der Waals surface area (Å²) in [4.78, 5) is 12.0. The van der Waals surface area contributed by atoms with E-state index in [1.807, 2.05) is 32.9 Å². The minimum Gasteiger partial charge on any atom is -0.457 e. The molecule has 0 aliphatic carbocycles. The number of aryl methyl sites for hydroxylation is 3. The van der Waals surface area contributed by atoms with Crippen molar-refractivity contribution in [3.63, 3.8) is 0 Å². The van der Waals surface area contributed by atoms with Crippen LogP contribution in [0.25, 0.3) is 0 Å². The molecular formula is C18H25NO4S. The van der Waals surface area contributed by atoms with E-state index in [4.69, 9.17) is 4.74 Å². The van der Waals surface area contributed by atoms with Gasteiger partial charge in [-0.3, -0.25) is 0 Å². The van der Waals surface area contributed by atoms with Crippen molar-refractivity contribution in [2.45, 2.75) is 58.1 Å². The molecule has 1 heterocycles. The van der Waals surface area contributed by atoms with E-state index in [0.717, 1.165) is 16.7 Å². The minimum absolute atomic E-state index is 0.289. The summed E-state index contributed by atoms with van der Waals surface area (Å²) in [7, 11) is -3.55. The Morgan fingerprint density at radius 3 is 2.25 bits per heavy atom. The number of nitrogens with zero attached hydrogens (tertiary/aromatic N) is 1. The fourth-order valence-electron chi connectivity index (χ4n) is 2.79. The van der Waals surface area contributed by atoms with Crippen LogP contribution in [0, 0.1) is 20.8 Å². The Hall–Kier alpha value is -1.66. The second-order valence-corrected chi connectivity index (χ2v) is 9.09. The van der Waals surface area contributed by atoms with Gasteiger partial charge in [-0.05, 0) is 52.7 Å². The molecule has 1 unspecified atom stereocenters. The molecule has 1 aromatic carbocycles. The smallest absolute Gasteiger partial charge is 0.330 e. The molecule has 0 radical (unpaired) electrons. The average molecular weight is 351 g/mol. The Morgan fingerprint density at radius 2 is 1.75 bits per heavy atom. The Kier molecular flexibility index (Phi) is 4.93. The van der Waals surface area contributed by atoms with Crippen LogP contribution in [0.2, 0.25) is 0 Å². The van der Waals surface area contributed by atoms with E-state index in [-0.39, 0.29) is 6.04 Å². The van der Waals surface area contributed by atoms with Gasteiger partial charge in [-0.1, -0.05) is 23.8 Å². The summed E-state index contributed by atoms with van der Waals surface area (Å²) >= 11 is 0. The predicted molar refractivity (Wildman–Crippen MR) is 93.3 cm³/mol. The first-order valence-corrected chi connectivity index (χ1v) is 9.37. The van der Waals surface area contributed by atoms with Crippen molar-refractivity contribution >= 4 is 16.0 Å². The topological polar surface area (TPSA) is 63.5 Å². The van der Waals surface area contributed by atoms with Crippen LogP contribution in [-0.2, 0) is 19.6 Å². The molecule has 0 amide bonds. The second kappa shape index (κ2) is 6.33. The molecule has 5 nitrogen and oxygen atoms in total. The lowest BCUT2D eigenvalue weighted by atomic mass is 10.1. The molecule has 6 heteroatoms. The first-order valence-electron chi connectivity index (χ1n) is 7.93. The number of benzene rings is 1. The van der Waals surface area contributed by atoms with Gasteiger partial charge >= 0.3 is 5.97 Å². The van der Waals surface area contributed by atoms with Crippen LogP contribution in [0.1, 0.15) is 37.5 Å². The highest BCUT2D eigenvalue weighted by molar-refractivity contribution is 7.89. The highest BCUT2D eigenvalue weighted by atomic mass is 32.2. The molecule has 1 saturated heterocycles. The third-order valence-corrected chi connectivity index (χ3v) is 5.83. The number of esters is 1. The first kappa shape index (κ1) is 18.7. The zero-order chi connectivity index (χ0) is 18.3. The summed E-state index contributed by atoms with van der Waals surface area (Å²) in [6, 6.07) is 3.45. The number of hydrogen-bond acceptors (Lipinski definition) is 4. The molecule has 2 atom stereocenters. The molecule has 24 heavy (non-hydrogen) atoms. The summed E-state index contributed by atoms with van der Waals surface area (Å²) < 4.78 is 32.2. The Morgan fingerprint density at radius 1 is 1.21 bits per heavy atom. The Balaban J connectivity index is 2.13. The maximum atomic E-state index is 12.8. The highest BCUT2D eigenvalue weighted by Crippen LogP contribution is 2.33. The molecule has 1 aromatic rings. The van der Waals surface area contributed by atoms with Crippen molar-refractivity contribution in [1.29, 1.82) is 0 Å². The third-order valence-electron chi connectivity index (χ3n) is 3.64. The maximum Gasteiger partial charge on any atom is 0.330 e. The van der Waals surface area contributed by atoms with Gasteiger partial charge < -0.3 is 4.74 Å². The van der Waals surface area contributed by atoms with Gasteiger partial charge in [0, 0.05) is 12.6 Å². The van der Waals surface area contributed by atoms with E-state index in [0.29, 0.717) is 11.4 Å². The van der Waals surface area contributed by atoms with Gasteiger partial charge in [0.25, 0.3) is 0 Å². The van der Waals surface area contributed by atoms with Gasteiger partial charge in [0.05, 0.1) is 10.9 Å². The zero-order valence-electron chi connectivity index (χ0n) is 15.1. The molecule has 0 saturated carbocycles. The Bertz CT molecular complexity index is 765. The number of sulfonamides is 1. The molecule has 0 spiro atoms. The quantitative estimate of drug-likeness (QED) is 0.475. The fraction of sp³-hybridized carbons (Fsp3) is 0.500. The number of rotatable bonds is 4. The highest BCUT2D eigenvalue weighted by Gasteiger charge is 2.44. The molecule has 1 aliphatic heterocycles. The summed E-state index contributed by atoms with van der Waals surface area (Å²) in [5, 5.41) is 0. The molecule has 1 fully saturated rings. The van der Waals surface area contributed by atoms with E-state index >= 15 is 0 Å². The zero-order valence-corrected chi connectivity index (χ0v) is 15.9. The van der Waals surface area contributed by atoms with Crippen molar-refractivity contribution in [2.24, 2.45) is 0 Å². The van der Waals surface area contributed by atoms with Crippen molar-refractivity contribution in [1.82, 2.24) is 4.31 Å². The van der Waals surface area contributed by atoms with E-state index in [9.17, 15) is 13.2 Å². The van der Waals surface area contributed by atoms with Crippen LogP contribution in [-0.4, -0.2) is 36.9 Å². The van der Waals surface area contributed by atoms with Gasteiger partial charge in [0.1, 0.15) is 5.60 Å². The van der Waals surface area contributed by atoms with Crippen LogP contribution >= 0.6 is 0 Å². The second-order valence-electron chi connectivity index (χ2n) is 7.26. The average Bonchev–Trinajstić information content (AvgIpc) is 3.12. The molecule has 0 bridgehead atoms. The summed E-state index contributed by atoms with van der Waals surface area (Å²) in [5.74, 6) is -0.463. The molecule has 132 valence electrons. The van der Waals surface area contributed by atoms with Gasteiger partial charge in [-0.15, -0.1) is 0 Å². The molecule has 0 N–H and O–H groups in total. The maximum absolute atomic E-state index is 12.8. The molecule has 2 rings (SSSR count). The molecule has 0 aromatic heterocycles. The van der Waals surface area contributed by atoms with Gasteiger partial charge in [0.2, 0.25) is 10.0 Å². The minimum atomic E-state index is -3.55. The van der Waals surface area contributed by atoms with Crippen molar-refractivity contribution in [3.8, 4) is 0 Å². The van der Waals surface area contributed by atoms with Crippen molar-refractivity contribution < 1.29 is 17.9 Å². The monoisotopic (exact) mass is 351 g/mol. The van der Waals surface area contributed by atoms with E-state index in [2.05, 4.69) is 0 Å². The Labute approximate surface area is 144 Å². The lowest BCUT2D eigenvalue weighted by molar-refractivity contribution is -0.148. The number of carbonyl (C=O) groups is 1. The largest absolute Gasteiger partial charge is 0.457 e. The van der Waals surface area contributed by atoms with Crippen LogP contribution in [0.15, 0.2) is 29.2 Å². The van der Waals surface area contributed by atoms with Gasteiger partial charge in [-0.2, -0.15) is 4.31 Å². The molecule has 1 aliphatic rings. The lowest BCUT2D eigenvalue weighted by Crippen LogP contribution is -2.22. The normalized spacial score (nSPS) is 21.1. The third kappa shape index (κ3) is 4.24. The molecular weight excluding hydrogens is 326 g/mol. The number of ether oxygens (including phenoxy) is 1. The number of hydrogen-bond donors (Lipinski definition) is 0. The van der Waals surface area contributed by atoms with Crippen LogP contribution in [0.5, 0.6) is 0 Å².